The van der Waals surface area contributed by atoms with E-state index in [1.54, 1.807) is 75.4 Å². The zero-order valence-electron chi connectivity index (χ0n) is 41.4. The molecule has 0 aromatic heterocycles. The Balaban J connectivity index is 1.59. The number of carbonyl (C=O) groups excluding carboxylic acids is 5. The highest BCUT2D eigenvalue weighted by Gasteiger charge is 2.68. The maximum Gasteiger partial charge on any atom is 0.337 e. The van der Waals surface area contributed by atoms with Gasteiger partial charge in [-0.05, 0) is 72.9 Å². The lowest BCUT2D eigenvalue weighted by atomic mass is 9.53. The van der Waals surface area contributed by atoms with Crippen molar-refractivity contribution in [1.82, 2.24) is 5.32 Å². The van der Waals surface area contributed by atoms with Crippen molar-refractivity contribution in [3.8, 4) is 0 Å². The van der Waals surface area contributed by atoms with Crippen molar-refractivity contribution < 1.29 is 57.2 Å². The summed E-state index contributed by atoms with van der Waals surface area (Å²) in [5, 5.41) is 28.7. The average molecular weight is 950 g/mol. The number of aliphatic hydroxyl groups excluding tert-OH is 1. The van der Waals surface area contributed by atoms with E-state index >= 15 is 4.79 Å². The van der Waals surface area contributed by atoms with E-state index in [1.165, 1.54) is 6.92 Å². The van der Waals surface area contributed by atoms with Crippen LogP contribution in [-0.2, 0) is 42.2 Å². The molecule has 6 unspecified atom stereocenters. The molecule has 2 aromatic carbocycles. The molecular weight excluding hydrogens is 875 g/mol. The third-order valence-corrected chi connectivity index (χ3v) is 24.8. The molecule has 2 bridgehead atoms. The maximum atomic E-state index is 15.1. The molecule has 1 saturated carbocycles. The number of nitrogens with one attached hydrogen (secondary N) is 1. The molecule has 0 radical (unpaired) electrons. The summed E-state index contributed by atoms with van der Waals surface area (Å²) in [6.07, 6.45) is -5.68. The van der Waals surface area contributed by atoms with Crippen LogP contribution in [0.1, 0.15) is 124 Å². The van der Waals surface area contributed by atoms with Gasteiger partial charge in [-0.3, -0.25) is 19.2 Å². The number of fused-ring (bicyclic) bond motifs is 2. The van der Waals surface area contributed by atoms with Crippen molar-refractivity contribution in [1.29, 1.82) is 0 Å². The molecule has 0 spiro atoms. The van der Waals surface area contributed by atoms with Gasteiger partial charge in [-0.25, -0.2) is 4.79 Å². The number of carbonyl (C=O) groups is 5. The molecule has 1 aliphatic heterocycles. The average Bonchev–Trinajstić information content (AvgIpc) is 3.27. The summed E-state index contributed by atoms with van der Waals surface area (Å²) in [6, 6.07) is 19.2. The summed E-state index contributed by atoms with van der Waals surface area (Å²) >= 11 is 0. The van der Waals surface area contributed by atoms with E-state index in [1.807, 2.05) is 46.9 Å². The summed E-state index contributed by atoms with van der Waals surface area (Å²) in [6.45, 7) is 24.3. The molecule has 2 aromatic rings. The summed E-state index contributed by atoms with van der Waals surface area (Å²) in [7, 11) is -4.95. The fourth-order valence-corrected chi connectivity index (χ4v) is 14.2. The van der Waals surface area contributed by atoms with E-state index in [4.69, 9.17) is 23.1 Å². The van der Waals surface area contributed by atoms with Crippen LogP contribution in [0.4, 0.5) is 0 Å². The summed E-state index contributed by atoms with van der Waals surface area (Å²) in [4.78, 5) is 71.0. The number of hydrogen-bond donors (Lipinski definition) is 3. The van der Waals surface area contributed by atoms with Gasteiger partial charge in [0.2, 0.25) is 11.6 Å². The lowest BCUT2D eigenvalue weighted by Crippen LogP contribution is -2.73. The fourth-order valence-electron chi connectivity index (χ4n) is 10.0. The van der Waals surface area contributed by atoms with Crippen LogP contribution < -0.4 is 5.32 Å². The van der Waals surface area contributed by atoms with Crippen LogP contribution in [0.3, 0.4) is 0 Å². The highest BCUT2D eigenvalue weighted by atomic mass is 28.4. The second kappa shape index (κ2) is 20.4. The lowest BCUT2D eigenvalue weighted by Gasteiger charge is -2.59. The minimum atomic E-state index is -2.84. The predicted octanol–water partition coefficient (Wildman–Crippen LogP) is 8.35. The molecule has 13 nitrogen and oxygen atoms in total. The zero-order valence-corrected chi connectivity index (χ0v) is 43.4. The van der Waals surface area contributed by atoms with Crippen LogP contribution in [0.5, 0.6) is 0 Å². The monoisotopic (exact) mass is 949 g/mol. The molecule has 3 aliphatic rings. The van der Waals surface area contributed by atoms with E-state index < -0.39 is 110 Å². The van der Waals surface area contributed by atoms with Gasteiger partial charge in [0.25, 0.3) is 5.91 Å². The Hall–Kier alpha value is -3.84. The van der Waals surface area contributed by atoms with Gasteiger partial charge in [-0.1, -0.05) is 111 Å². The lowest BCUT2D eigenvalue weighted by molar-refractivity contribution is -0.304. The van der Waals surface area contributed by atoms with E-state index in [2.05, 4.69) is 26.1 Å². The van der Waals surface area contributed by atoms with Gasteiger partial charge in [0.1, 0.15) is 17.8 Å². The van der Waals surface area contributed by atoms with E-state index in [0.717, 1.165) is 18.1 Å². The molecule has 1 amide bonds. The first kappa shape index (κ1) is 53.1. The molecular formula is C51H75NO12Si2. The van der Waals surface area contributed by atoms with E-state index in [9.17, 15) is 29.4 Å². The van der Waals surface area contributed by atoms with Gasteiger partial charge in [0.15, 0.2) is 28.3 Å². The SMILES string of the molecule is CCC(CC1OCC1(OC(C)=O)C1CC(=O)C(=O)C2=C(C)[C@@H](OC(=O)C(O[Si](C)(C)C(C)(C)C)[C@@H](NC(=O)c3ccccc3)c3ccccc3)CC(O)([C@H]1O)C2(C)C)O[Si](CC)(CC)CC. The van der Waals surface area contributed by atoms with Crippen molar-refractivity contribution in [3.63, 3.8) is 0 Å². The van der Waals surface area contributed by atoms with Crippen LogP contribution in [0.25, 0.3) is 0 Å². The smallest absolute Gasteiger partial charge is 0.337 e. The Labute approximate surface area is 394 Å². The van der Waals surface area contributed by atoms with Crippen LogP contribution >= 0.6 is 0 Å². The number of Topliss-reactive ketones (excluding diaryl/α,β-unsaturated/α-hetero) is 2. The minimum absolute atomic E-state index is 0.0715. The Kier molecular flexibility index (Phi) is 16.4. The van der Waals surface area contributed by atoms with Crippen LogP contribution in [0.15, 0.2) is 71.8 Å². The number of hydrogen-bond acceptors (Lipinski definition) is 12. The van der Waals surface area contributed by atoms with Crippen LogP contribution in [-0.4, -0.2) is 105 Å². The molecule has 2 fully saturated rings. The molecule has 9 atom stereocenters. The standard InChI is InChI=1S/C51H75NO12Si2/c1-14-36(63-66(15-2,16-3)17-4)28-40-50(31-60-40,62-33(6)53)37-29-38(54)43(55)41-32(5)39(30-51(59,45(37)56)49(41,10)11)61-47(58)44(64-65(12,13)48(7,8)9)42(34-24-20-18-21-25-34)52-46(57)35-26-22-19-23-27-35/h18-27,36-37,39-40,42,44-45,56,59H,14-17,28-31H2,1-13H3,(H,52,57)/t36?,37?,39-,40?,42-,44?,45-,50?,51?/m0/s1. The highest BCUT2D eigenvalue weighted by Crippen LogP contribution is 2.56. The first-order chi connectivity index (χ1) is 30.8. The third kappa shape index (κ3) is 10.3. The third-order valence-electron chi connectivity index (χ3n) is 15.6. The Morgan fingerprint density at radius 2 is 1.50 bits per heavy atom. The van der Waals surface area contributed by atoms with Gasteiger partial charge in [0, 0.05) is 54.8 Å². The van der Waals surface area contributed by atoms with Gasteiger partial charge >= 0.3 is 11.9 Å². The van der Waals surface area contributed by atoms with Crippen molar-refractivity contribution in [2.45, 2.75) is 186 Å². The number of ether oxygens (including phenoxy) is 3. The van der Waals surface area contributed by atoms with Crippen molar-refractivity contribution in [2.24, 2.45) is 11.3 Å². The molecule has 1 heterocycles. The fraction of sp³-hybridized carbons (Fsp3) is 0.627. The van der Waals surface area contributed by atoms with Crippen LogP contribution in [0.2, 0.25) is 36.3 Å². The molecule has 2 aliphatic carbocycles. The zero-order chi connectivity index (χ0) is 49.2. The van der Waals surface area contributed by atoms with Gasteiger partial charge in [0.05, 0.1) is 18.8 Å². The van der Waals surface area contributed by atoms with E-state index in [0.29, 0.717) is 17.5 Å². The predicted molar refractivity (Wildman–Crippen MR) is 256 cm³/mol. The Bertz CT molecular complexity index is 2110. The van der Waals surface area contributed by atoms with Gasteiger partial charge in [-0.15, -0.1) is 0 Å². The molecule has 5 rings (SSSR count). The number of esters is 2. The van der Waals surface area contributed by atoms with Crippen molar-refractivity contribution in [2.75, 3.05) is 6.61 Å². The topological polar surface area (TPSA) is 184 Å². The van der Waals surface area contributed by atoms with Gasteiger partial charge in [-0.2, -0.15) is 0 Å². The highest BCUT2D eigenvalue weighted by molar-refractivity contribution is 6.74. The van der Waals surface area contributed by atoms with Crippen molar-refractivity contribution in [3.05, 3.63) is 82.9 Å². The second-order valence-corrected chi connectivity index (χ2v) is 30.2. The van der Waals surface area contributed by atoms with Crippen LogP contribution in [0, 0.1) is 11.3 Å². The normalized spacial score (nSPS) is 27.1. The number of amides is 1. The number of ketones is 2. The molecule has 3 N–H and O–H groups in total. The molecule has 1 saturated heterocycles. The first-order valence-corrected chi connectivity index (χ1v) is 29.2. The number of aliphatic hydroxyl groups is 2. The van der Waals surface area contributed by atoms with Gasteiger partial charge < -0.3 is 38.6 Å². The molecule has 66 heavy (non-hydrogen) atoms. The minimum Gasteiger partial charge on any atom is -0.456 e. The Morgan fingerprint density at radius 3 is 2.00 bits per heavy atom. The summed E-state index contributed by atoms with van der Waals surface area (Å²) < 4.78 is 32.5. The first-order valence-electron chi connectivity index (χ1n) is 23.8. The second-order valence-electron chi connectivity index (χ2n) is 20.7. The maximum absolute atomic E-state index is 15.1. The number of benzene rings is 2. The summed E-state index contributed by atoms with van der Waals surface area (Å²) in [5.74, 6) is -5.05. The molecule has 15 heteroatoms. The van der Waals surface area contributed by atoms with E-state index in [-0.39, 0.29) is 36.7 Å². The summed E-state index contributed by atoms with van der Waals surface area (Å²) in [5.41, 5.74) is -4.30. The Morgan fingerprint density at radius 1 is 0.924 bits per heavy atom. The molecule has 364 valence electrons. The number of rotatable bonds is 18. The largest absolute Gasteiger partial charge is 0.456 e. The van der Waals surface area contributed by atoms with Crippen molar-refractivity contribution >= 4 is 46.0 Å². The quantitative estimate of drug-likeness (QED) is 0.0739.